The Labute approximate surface area is 210 Å². The molecule has 1 aromatic heterocycles. The van der Waals surface area contributed by atoms with E-state index in [1.165, 1.54) is 70.6 Å². The topological polar surface area (TPSA) is 56.3 Å². The van der Waals surface area contributed by atoms with Crippen LogP contribution in [0.25, 0.3) is 0 Å². The summed E-state index contributed by atoms with van der Waals surface area (Å²) >= 11 is 0. The molecule has 200 valence electrons. The van der Waals surface area contributed by atoms with E-state index in [2.05, 4.69) is 18.8 Å². The van der Waals surface area contributed by atoms with Gasteiger partial charge < -0.3 is 0 Å². The second-order valence-electron chi connectivity index (χ2n) is 9.19. The van der Waals surface area contributed by atoms with Crippen LogP contribution in [0, 0.1) is 0 Å². The van der Waals surface area contributed by atoms with Crippen molar-refractivity contribution in [3.8, 4) is 0 Å². The molecule has 6 heteroatoms. The van der Waals surface area contributed by atoms with Crippen molar-refractivity contribution >= 4 is 10.1 Å². The van der Waals surface area contributed by atoms with Gasteiger partial charge in [-0.15, -0.1) is 0 Å². The van der Waals surface area contributed by atoms with Crippen LogP contribution in [0.2, 0.25) is 0 Å². The highest BCUT2D eigenvalue weighted by Gasteiger charge is 2.25. The molecule has 34 heavy (non-hydrogen) atoms. The number of alkyl halides is 1. The SMILES string of the molecule is CCCCCCCCCCCCCOS(=O)(=O)C(F)CCCCCCCCC.c1ccncc1. The Morgan fingerprint density at radius 1 is 0.647 bits per heavy atom. The molecule has 0 aliphatic rings. The first-order valence-corrected chi connectivity index (χ1v) is 15.4. The minimum absolute atomic E-state index is 0.0639. The molecular formula is C28H52FNO3S. The van der Waals surface area contributed by atoms with Crippen LogP contribution in [-0.4, -0.2) is 25.5 Å². The van der Waals surface area contributed by atoms with Gasteiger partial charge in [-0.1, -0.05) is 123 Å². The van der Waals surface area contributed by atoms with E-state index in [0.717, 1.165) is 32.1 Å². The van der Waals surface area contributed by atoms with E-state index in [-0.39, 0.29) is 13.0 Å². The first-order valence-electron chi connectivity index (χ1n) is 13.9. The van der Waals surface area contributed by atoms with Crippen LogP contribution in [0.4, 0.5) is 4.39 Å². The van der Waals surface area contributed by atoms with E-state index < -0.39 is 15.6 Å². The van der Waals surface area contributed by atoms with Crippen LogP contribution in [0.5, 0.6) is 0 Å². The number of unbranched alkanes of at least 4 members (excludes halogenated alkanes) is 16. The summed E-state index contributed by atoms with van der Waals surface area (Å²) in [5, 5.41) is 0. The summed E-state index contributed by atoms with van der Waals surface area (Å²) in [5.41, 5.74) is -1.86. The van der Waals surface area contributed by atoms with Crippen LogP contribution in [0.1, 0.15) is 136 Å². The molecule has 1 aromatic rings. The fourth-order valence-corrected chi connectivity index (χ4v) is 4.69. The average Bonchev–Trinajstić information content (AvgIpc) is 2.85. The van der Waals surface area contributed by atoms with E-state index >= 15 is 0 Å². The van der Waals surface area contributed by atoms with Crippen molar-refractivity contribution in [1.29, 1.82) is 0 Å². The number of rotatable bonds is 22. The second kappa shape index (κ2) is 25.1. The third-order valence-corrected chi connectivity index (χ3v) is 7.27. The Hall–Kier alpha value is -1.01. The molecule has 0 radical (unpaired) electrons. The molecule has 0 aliphatic heterocycles. The van der Waals surface area contributed by atoms with Crippen LogP contribution < -0.4 is 0 Å². The highest BCUT2D eigenvalue weighted by molar-refractivity contribution is 7.87. The molecule has 1 heterocycles. The van der Waals surface area contributed by atoms with Gasteiger partial charge in [0, 0.05) is 12.4 Å². The lowest BCUT2D eigenvalue weighted by atomic mass is 10.1. The zero-order valence-electron chi connectivity index (χ0n) is 22.1. The molecule has 0 saturated heterocycles. The monoisotopic (exact) mass is 501 g/mol. The summed E-state index contributed by atoms with van der Waals surface area (Å²) in [7, 11) is -4.04. The van der Waals surface area contributed by atoms with E-state index in [9.17, 15) is 12.8 Å². The lowest BCUT2D eigenvalue weighted by Gasteiger charge is -2.10. The van der Waals surface area contributed by atoms with Crippen LogP contribution in [0.15, 0.2) is 30.6 Å². The van der Waals surface area contributed by atoms with Gasteiger partial charge >= 0.3 is 0 Å². The molecule has 0 fully saturated rings. The van der Waals surface area contributed by atoms with Crippen molar-refractivity contribution in [1.82, 2.24) is 4.98 Å². The van der Waals surface area contributed by atoms with Crippen molar-refractivity contribution in [3.05, 3.63) is 30.6 Å². The lowest BCUT2D eigenvalue weighted by Crippen LogP contribution is -2.19. The summed E-state index contributed by atoms with van der Waals surface area (Å²) in [4.78, 5) is 3.78. The summed E-state index contributed by atoms with van der Waals surface area (Å²) in [5.74, 6) is 0. The summed E-state index contributed by atoms with van der Waals surface area (Å²) < 4.78 is 42.4. The number of hydrogen-bond donors (Lipinski definition) is 0. The van der Waals surface area contributed by atoms with Gasteiger partial charge in [0.1, 0.15) is 0 Å². The first-order chi connectivity index (χ1) is 16.5. The Morgan fingerprint density at radius 2 is 1.06 bits per heavy atom. The van der Waals surface area contributed by atoms with Gasteiger partial charge in [0.2, 0.25) is 5.50 Å². The molecule has 0 bridgehead atoms. The maximum Gasteiger partial charge on any atom is 0.299 e. The summed E-state index contributed by atoms with van der Waals surface area (Å²) in [6, 6.07) is 5.72. The fourth-order valence-electron chi connectivity index (χ4n) is 3.73. The van der Waals surface area contributed by atoms with Crippen LogP contribution >= 0.6 is 0 Å². The Balaban J connectivity index is 0.00000156. The standard InChI is InChI=1S/C23H47FO3S.C5H5N/c1-3-5-7-9-11-12-13-14-16-18-20-22-27-28(25,26)23(24)21-19-17-15-10-8-6-4-2;1-2-4-6-5-3-1/h23H,3-22H2,1-2H3;1-5H. The van der Waals surface area contributed by atoms with E-state index in [0.29, 0.717) is 12.8 Å². The largest absolute Gasteiger partial charge is 0.299 e. The molecule has 4 nitrogen and oxygen atoms in total. The van der Waals surface area contributed by atoms with Gasteiger partial charge in [0.25, 0.3) is 10.1 Å². The molecule has 1 rings (SSSR count). The molecule has 0 aromatic carbocycles. The maximum atomic E-state index is 13.9. The molecule has 0 saturated carbocycles. The van der Waals surface area contributed by atoms with Crippen LogP contribution in [0.3, 0.4) is 0 Å². The number of aromatic nitrogens is 1. The van der Waals surface area contributed by atoms with Crippen molar-refractivity contribution in [2.75, 3.05) is 6.61 Å². The number of halogens is 1. The second-order valence-corrected chi connectivity index (χ2v) is 10.9. The first kappa shape index (κ1) is 33.0. The van der Waals surface area contributed by atoms with Gasteiger partial charge in [0.15, 0.2) is 0 Å². The fraction of sp³-hybridized carbons (Fsp3) is 0.821. The number of hydrogen-bond acceptors (Lipinski definition) is 4. The smallest absolute Gasteiger partial charge is 0.268 e. The maximum absolute atomic E-state index is 13.9. The zero-order chi connectivity index (χ0) is 25.2. The highest BCUT2D eigenvalue weighted by atomic mass is 32.2. The zero-order valence-corrected chi connectivity index (χ0v) is 22.9. The van der Waals surface area contributed by atoms with E-state index in [4.69, 9.17) is 4.18 Å². The predicted molar refractivity (Wildman–Crippen MR) is 143 cm³/mol. The Morgan fingerprint density at radius 3 is 1.44 bits per heavy atom. The molecule has 0 amide bonds. The van der Waals surface area contributed by atoms with Gasteiger partial charge in [-0.05, 0) is 31.4 Å². The highest BCUT2D eigenvalue weighted by Crippen LogP contribution is 2.17. The normalized spacial score (nSPS) is 12.2. The third kappa shape index (κ3) is 22.8. The summed E-state index contributed by atoms with van der Waals surface area (Å²) in [6.45, 7) is 4.53. The van der Waals surface area contributed by atoms with E-state index in [1.807, 2.05) is 18.2 Å². The van der Waals surface area contributed by atoms with Crippen molar-refractivity contribution in [3.63, 3.8) is 0 Å². The van der Waals surface area contributed by atoms with Crippen LogP contribution in [-0.2, 0) is 14.3 Å². The Bertz CT molecular complexity index is 587. The molecule has 0 N–H and O–H groups in total. The quantitative estimate of drug-likeness (QED) is 0.117. The number of pyridine rings is 1. The molecule has 1 atom stereocenters. The average molecular weight is 502 g/mol. The van der Waals surface area contributed by atoms with Crippen molar-refractivity contribution in [2.45, 2.75) is 141 Å². The van der Waals surface area contributed by atoms with Gasteiger partial charge in [-0.25, -0.2) is 4.39 Å². The molecule has 0 aliphatic carbocycles. The summed E-state index contributed by atoms with van der Waals surface area (Å²) in [6.07, 6.45) is 24.2. The molecular weight excluding hydrogens is 449 g/mol. The predicted octanol–water partition coefficient (Wildman–Crippen LogP) is 9.16. The van der Waals surface area contributed by atoms with Crippen molar-refractivity contribution < 1.29 is 17.0 Å². The third-order valence-electron chi connectivity index (χ3n) is 5.91. The molecule has 1 unspecified atom stereocenters. The van der Waals surface area contributed by atoms with Crippen molar-refractivity contribution in [2.24, 2.45) is 0 Å². The lowest BCUT2D eigenvalue weighted by molar-refractivity contribution is 0.270. The minimum Gasteiger partial charge on any atom is -0.268 e. The van der Waals surface area contributed by atoms with Gasteiger partial charge in [-0.2, -0.15) is 8.42 Å². The molecule has 0 spiro atoms. The van der Waals surface area contributed by atoms with Gasteiger partial charge in [-0.3, -0.25) is 9.17 Å². The minimum atomic E-state index is -4.04. The van der Waals surface area contributed by atoms with E-state index in [1.54, 1.807) is 12.4 Å². The van der Waals surface area contributed by atoms with Gasteiger partial charge in [0.05, 0.1) is 6.61 Å². The Kier molecular flexibility index (Phi) is 24.3. The number of nitrogens with zero attached hydrogens (tertiary/aromatic N) is 1.